The second-order valence-corrected chi connectivity index (χ2v) is 18.1. The van der Waals surface area contributed by atoms with Crippen LogP contribution in [0.15, 0.2) is 60.7 Å². The van der Waals surface area contributed by atoms with Gasteiger partial charge in [-0.25, -0.2) is 9.59 Å². The van der Waals surface area contributed by atoms with Crippen LogP contribution < -0.4 is 9.47 Å². The molecule has 0 radical (unpaired) electrons. The fourth-order valence-electron chi connectivity index (χ4n) is 8.84. The van der Waals surface area contributed by atoms with Gasteiger partial charge in [0.1, 0.15) is 11.5 Å². The third-order valence-electron chi connectivity index (χ3n) is 10.3. The molecule has 14 nitrogen and oxygen atoms in total. The minimum atomic E-state index is -2.87. The smallest absolute Gasteiger partial charge is 0.410 e. The second kappa shape index (κ2) is 17.1. The first-order chi connectivity index (χ1) is 24.6. The minimum absolute atomic E-state index is 0.349. The molecule has 296 valence electrons. The molecule has 1 unspecified atom stereocenters. The van der Waals surface area contributed by atoms with Gasteiger partial charge in [0.05, 0.1) is 37.4 Å². The molecular weight excluding hydrogens is 726 g/mol. The Morgan fingerprint density at radius 3 is 1.38 bits per heavy atom. The zero-order valence-corrected chi connectivity index (χ0v) is 33.6. The van der Waals surface area contributed by atoms with E-state index >= 15 is 0 Å². The molecule has 2 saturated heterocycles. The maximum Gasteiger partial charge on any atom is 0.416 e. The molecule has 0 aliphatic carbocycles. The number of hydrogen-bond donors (Lipinski definition) is 5. The van der Waals surface area contributed by atoms with Gasteiger partial charge < -0.3 is 47.9 Å². The van der Waals surface area contributed by atoms with Crippen molar-refractivity contribution in [3.8, 4) is 11.5 Å². The first-order valence-corrected chi connectivity index (χ1v) is 20.0. The number of amides is 2. The highest BCUT2D eigenvalue weighted by Crippen LogP contribution is 2.50. The SMILES string of the molecule is CC1(C)CC(OC(C2CC(C)(C)N(C(=O)Oc3ccccc3)C(C)(C)C2)C(CO)(COP(O)O)COP(O)O)CC(C)(C)N1C(=O)Oc1ccccc1. The molecule has 53 heavy (non-hydrogen) atoms. The maximum atomic E-state index is 13.8. The number of likely N-dealkylation sites (tertiary alicyclic amines) is 2. The van der Waals surface area contributed by atoms with Gasteiger partial charge in [0.2, 0.25) is 0 Å². The molecule has 2 aliphatic heterocycles. The highest BCUT2D eigenvalue weighted by atomic mass is 31.2. The van der Waals surface area contributed by atoms with Crippen LogP contribution in [0.5, 0.6) is 11.5 Å². The van der Waals surface area contributed by atoms with Crippen LogP contribution in [0, 0.1) is 11.3 Å². The number of benzene rings is 2. The zero-order chi connectivity index (χ0) is 39.4. The minimum Gasteiger partial charge on any atom is -0.410 e. The Hall–Kier alpha value is -2.48. The van der Waals surface area contributed by atoms with E-state index in [4.69, 9.17) is 23.3 Å². The number of para-hydroxylation sites is 2. The Labute approximate surface area is 315 Å². The highest BCUT2D eigenvalue weighted by Gasteiger charge is 2.57. The van der Waals surface area contributed by atoms with Crippen LogP contribution in [0.25, 0.3) is 0 Å². The highest BCUT2D eigenvalue weighted by molar-refractivity contribution is 7.39. The summed E-state index contributed by atoms with van der Waals surface area (Å²) in [6, 6.07) is 17.6. The van der Waals surface area contributed by atoms with Crippen LogP contribution in [0.1, 0.15) is 81.1 Å². The zero-order valence-electron chi connectivity index (χ0n) is 31.8. The van der Waals surface area contributed by atoms with E-state index in [0.717, 1.165) is 0 Å². The summed E-state index contributed by atoms with van der Waals surface area (Å²) in [5.74, 6) is 0.402. The molecule has 0 saturated carbocycles. The van der Waals surface area contributed by atoms with Gasteiger partial charge >= 0.3 is 29.4 Å². The molecule has 0 bridgehead atoms. The van der Waals surface area contributed by atoms with Gasteiger partial charge in [-0.3, -0.25) is 9.80 Å². The third-order valence-corrected chi connectivity index (χ3v) is 11.0. The Bertz CT molecular complexity index is 1460. The molecule has 4 rings (SSSR count). The Kier molecular flexibility index (Phi) is 14.0. The largest absolute Gasteiger partial charge is 0.416 e. The number of nitrogens with zero attached hydrogens (tertiary/aromatic N) is 2. The number of carbonyl (C=O) groups is 2. The van der Waals surface area contributed by atoms with Gasteiger partial charge in [-0.2, -0.15) is 0 Å². The van der Waals surface area contributed by atoms with Crippen molar-refractivity contribution in [2.45, 2.75) is 115 Å². The van der Waals surface area contributed by atoms with E-state index in [-0.39, 0.29) is 0 Å². The monoisotopic (exact) mass is 782 g/mol. The van der Waals surface area contributed by atoms with E-state index < -0.39 is 94.9 Å². The number of aliphatic hydroxyl groups excluding tert-OH is 1. The third kappa shape index (κ3) is 10.6. The quantitative estimate of drug-likeness (QED) is 0.139. The predicted octanol–water partition coefficient (Wildman–Crippen LogP) is 6.50. The van der Waals surface area contributed by atoms with Crippen molar-refractivity contribution in [3.63, 3.8) is 0 Å². The summed E-state index contributed by atoms with van der Waals surface area (Å²) in [6.07, 6.45) is -1.09. The second-order valence-electron chi connectivity index (χ2n) is 16.6. The first-order valence-electron chi connectivity index (χ1n) is 17.6. The van der Waals surface area contributed by atoms with Crippen LogP contribution in [-0.4, -0.2) is 101 Å². The predicted molar refractivity (Wildman–Crippen MR) is 200 cm³/mol. The summed E-state index contributed by atoms with van der Waals surface area (Å²) < 4.78 is 29.4. The van der Waals surface area contributed by atoms with Crippen molar-refractivity contribution in [2.24, 2.45) is 11.3 Å². The standard InChI is InChI=1S/C37H56N2O12P2/c1-33(2)19-26(20-34(3,4)38(33)31(41)50-27-15-11-9-12-16-27)30(37(23-40,24-47-52(43)44)25-48-53(45)46)49-29-21-35(5,6)39(36(7,8)22-29)32(42)51-28-17-13-10-14-18-28/h9-18,26,29-30,40,43-46H,19-25H2,1-8H3. The van der Waals surface area contributed by atoms with Gasteiger partial charge in [-0.1, -0.05) is 36.4 Å². The number of piperidine rings is 2. The van der Waals surface area contributed by atoms with Crippen molar-refractivity contribution < 1.29 is 57.5 Å². The molecule has 2 aromatic rings. The number of aliphatic hydroxyl groups is 1. The normalized spacial score (nSPS) is 20.7. The van der Waals surface area contributed by atoms with Crippen molar-refractivity contribution >= 4 is 29.4 Å². The van der Waals surface area contributed by atoms with Crippen molar-refractivity contribution in [3.05, 3.63) is 60.7 Å². The Balaban J connectivity index is 1.71. The summed E-state index contributed by atoms with van der Waals surface area (Å²) >= 11 is 0. The van der Waals surface area contributed by atoms with Crippen LogP contribution in [0.2, 0.25) is 0 Å². The van der Waals surface area contributed by atoms with Gasteiger partial charge in [-0.15, -0.1) is 0 Å². The average molecular weight is 783 g/mol. The summed E-state index contributed by atoms with van der Waals surface area (Å²) in [5.41, 5.74) is -4.74. The van der Waals surface area contributed by atoms with Crippen LogP contribution >= 0.6 is 17.2 Å². The fraction of sp³-hybridized carbons (Fsp3) is 0.622. The van der Waals surface area contributed by atoms with Crippen molar-refractivity contribution in [2.75, 3.05) is 19.8 Å². The van der Waals surface area contributed by atoms with E-state index in [1.165, 1.54) is 0 Å². The van der Waals surface area contributed by atoms with E-state index in [9.17, 15) is 34.3 Å². The molecule has 2 heterocycles. The maximum absolute atomic E-state index is 13.8. The van der Waals surface area contributed by atoms with Crippen molar-refractivity contribution in [1.82, 2.24) is 9.80 Å². The summed E-state index contributed by atoms with van der Waals surface area (Å²) in [5, 5.41) is 11.2. The summed E-state index contributed by atoms with van der Waals surface area (Å²) in [4.78, 5) is 70.3. The molecule has 0 spiro atoms. The Morgan fingerprint density at radius 2 is 1.04 bits per heavy atom. The van der Waals surface area contributed by atoms with Gasteiger partial charge in [0, 0.05) is 22.2 Å². The molecule has 2 aromatic carbocycles. The molecule has 5 N–H and O–H groups in total. The lowest BCUT2D eigenvalue weighted by Gasteiger charge is -2.58. The lowest BCUT2D eigenvalue weighted by Crippen LogP contribution is -2.67. The lowest BCUT2D eigenvalue weighted by atomic mass is 9.66. The molecular formula is C37H56N2O12P2. The summed E-state index contributed by atoms with van der Waals surface area (Å²) in [7, 11) is -5.74. The van der Waals surface area contributed by atoms with E-state index in [2.05, 4.69) is 0 Å². The number of ether oxygens (including phenoxy) is 3. The van der Waals surface area contributed by atoms with Crippen LogP contribution in [0.3, 0.4) is 0 Å². The fourth-order valence-corrected chi connectivity index (χ4v) is 9.58. The van der Waals surface area contributed by atoms with E-state index in [1.807, 2.05) is 67.5 Å². The van der Waals surface area contributed by atoms with Crippen molar-refractivity contribution in [1.29, 1.82) is 0 Å². The van der Waals surface area contributed by atoms with Gasteiger partial charge in [0.15, 0.2) is 0 Å². The molecule has 0 aromatic heterocycles. The van der Waals surface area contributed by atoms with E-state index in [1.54, 1.807) is 58.3 Å². The van der Waals surface area contributed by atoms with Gasteiger partial charge in [-0.05, 0) is 111 Å². The molecule has 2 aliphatic rings. The molecule has 2 fully saturated rings. The molecule has 16 heteroatoms. The van der Waals surface area contributed by atoms with Gasteiger partial charge in [0.25, 0.3) is 0 Å². The molecule has 1 atom stereocenters. The van der Waals surface area contributed by atoms with Crippen LogP contribution in [0.4, 0.5) is 9.59 Å². The number of carbonyl (C=O) groups excluding carboxylic acids is 2. The summed E-state index contributed by atoms with van der Waals surface area (Å²) in [6.45, 7) is 13.8. The number of hydrogen-bond acceptors (Lipinski definition) is 12. The first kappa shape index (κ1) is 43.3. The molecule has 2 amide bonds. The lowest BCUT2D eigenvalue weighted by molar-refractivity contribution is -0.197. The average Bonchev–Trinajstić information content (AvgIpc) is 3.02. The van der Waals surface area contributed by atoms with E-state index in [0.29, 0.717) is 37.2 Å². The van der Waals surface area contributed by atoms with Crippen LogP contribution in [-0.2, 0) is 13.8 Å². The topological polar surface area (TPSA) is 188 Å². The Morgan fingerprint density at radius 1 is 0.679 bits per heavy atom. The number of rotatable bonds is 13.